The van der Waals surface area contributed by atoms with Crippen LogP contribution < -0.4 is 5.73 Å². The van der Waals surface area contributed by atoms with E-state index in [0.717, 1.165) is 32.1 Å². The number of carbonyl (C=O) groups is 2. The Morgan fingerprint density at radius 2 is 1.67 bits per heavy atom. The lowest BCUT2D eigenvalue weighted by atomic mass is 9.83. The summed E-state index contributed by atoms with van der Waals surface area (Å²) in [6, 6.07) is 0. The van der Waals surface area contributed by atoms with Crippen LogP contribution in [0.5, 0.6) is 0 Å². The summed E-state index contributed by atoms with van der Waals surface area (Å²) in [6.07, 6.45) is 4.73. The lowest BCUT2D eigenvalue weighted by molar-refractivity contribution is -0.469. The van der Waals surface area contributed by atoms with Gasteiger partial charge < -0.3 is 15.2 Å². The van der Waals surface area contributed by atoms with E-state index < -0.39 is 15.2 Å². The summed E-state index contributed by atoms with van der Waals surface area (Å²) in [6.45, 7) is 0.142. The van der Waals surface area contributed by atoms with E-state index in [-0.39, 0.29) is 19.2 Å². The van der Waals surface area contributed by atoms with Crippen LogP contribution in [0.4, 0.5) is 0 Å². The highest BCUT2D eigenvalue weighted by molar-refractivity contribution is 9.25. The first-order chi connectivity index (χ1) is 8.46. The zero-order chi connectivity index (χ0) is 13.6. The van der Waals surface area contributed by atoms with Crippen molar-refractivity contribution in [2.75, 3.05) is 13.2 Å². The molecule has 0 atom stereocenters. The van der Waals surface area contributed by atoms with Crippen LogP contribution in [0, 0.1) is 0 Å². The number of esters is 2. The van der Waals surface area contributed by atoms with Crippen molar-refractivity contribution in [3.8, 4) is 0 Å². The molecule has 0 aromatic heterocycles. The minimum absolute atomic E-state index is 0.0638. The predicted octanol–water partition coefficient (Wildman–Crippen LogP) is 1.13. The van der Waals surface area contributed by atoms with E-state index in [1.54, 1.807) is 0 Å². The van der Waals surface area contributed by atoms with Crippen LogP contribution in [-0.4, -0.2) is 34.4 Å². The maximum Gasteiger partial charge on any atom is 0.368 e. The number of carbonyl (C=O) groups excluding carboxylic acids is 2. The Hall–Kier alpha value is -0.140. The summed E-state index contributed by atoms with van der Waals surface area (Å²) < 4.78 is 9.42. The normalized spacial score (nSPS) is 18.4. The Morgan fingerprint density at radius 3 is 2.22 bits per heavy atom. The van der Waals surface area contributed by atoms with Crippen molar-refractivity contribution in [1.82, 2.24) is 0 Å². The van der Waals surface area contributed by atoms with E-state index in [1.165, 1.54) is 0 Å². The number of rotatable bonds is 5. The van der Waals surface area contributed by atoms with Crippen LogP contribution in [0.25, 0.3) is 0 Å². The Bertz CT molecular complexity index is 303. The second-order valence-corrected chi connectivity index (χ2v) is 7.51. The van der Waals surface area contributed by atoms with Gasteiger partial charge >= 0.3 is 11.9 Å². The zero-order valence-corrected chi connectivity index (χ0v) is 13.3. The van der Waals surface area contributed by atoms with Gasteiger partial charge in [0.2, 0.25) is 0 Å². The van der Waals surface area contributed by atoms with Gasteiger partial charge in [-0.3, -0.25) is 0 Å². The zero-order valence-electron chi connectivity index (χ0n) is 10.1. The van der Waals surface area contributed by atoms with Gasteiger partial charge in [0.05, 0.1) is 0 Å². The molecular formula is C11H18Br2NO4+. The van der Waals surface area contributed by atoms with Gasteiger partial charge in [-0.2, -0.15) is 0 Å². The molecule has 1 aliphatic rings. The van der Waals surface area contributed by atoms with Gasteiger partial charge in [0.25, 0.3) is 0 Å². The molecule has 0 radical (unpaired) electrons. The van der Waals surface area contributed by atoms with Crippen LogP contribution in [0.1, 0.15) is 32.1 Å². The summed E-state index contributed by atoms with van der Waals surface area (Å²) in [5.41, 5.74) is 3.37. The Labute approximate surface area is 123 Å². The van der Waals surface area contributed by atoms with Gasteiger partial charge in [0.15, 0.2) is 9.28 Å². The molecule has 5 nitrogen and oxygen atoms in total. The molecule has 0 heterocycles. The van der Waals surface area contributed by atoms with Crippen LogP contribution in [-0.2, 0) is 19.1 Å². The molecule has 18 heavy (non-hydrogen) atoms. The maximum atomic E-state index is 11.9. The maximum absolute atomic E-state index is 11.9. The first-order valence-corrected chi connectivity index (χ1v) is 7.76. The van der Waals surface area contributed by atoms with E-state index >= 15 is 0 Å². The largest absolute Gasteiger partial charge is 0.461 e. The Balaban J connectivity index is 2.22. The molecular weight excluding hydrogens is 370 g/mol. The minimum Gasteiger partial charge on any atom is -0.461 e. The topological polar surface area (TPSA) is 80.2 Å². The number of halogens is 2. The standard InChI is InChI=1S/C11H17Br2NO4/c12-8(13)9(15)17-6-7-18-10(16)11(14)4-2-1-3-5-11/h8H,1-7,14H2/p+1. The molecule has 1 saturated carbocycles. The molecule has 104 valence electrons. The quantitative estimate of drug-likeness (QED) is 0.435. The van der Waals surface area contributed by atoms with Crippen LogP contribution in [0.3, 0.4) is 0 Å². The summed E-state index contributed by atoms with van der Waals surface area (Å²) in [5, 5.41) is 0. The lowest BCUT2D eigenvalue weighted by Gasteiger charge is -2.27. The average Bonchev–Trinajstić information content (AvgIpc) is 2.34. The molecule has 0 aromatic carbocycles. The molecule has 0 amide bonds. The van der Waals surface area contributed by atoms with E-state index in [4.69, 9.17) is 9.47 Å². The van der Waals surface area contributed by atoms with Crippen molar-refractivity contribution in [3.05, 3.63) is 0 Å². The fraction of sp³-hybridized carbons (Fsp3) is 0.818. The molecule has 0 bridgehead atoms. The van der Waals surface area contributed by atoms with Gasteiger partial charge in [-0.15, -0.1) is 0 Å². The molecule has 1 aliphatic carbocycles. The van der Waals surface area contributed by atoms with Crippen molar-refractivity contribution in [2.24, 2.45) is 0 Å². The van der Waals surface area contributed by atoms with Crippen molar-refractivity contribution >= 4 is 43.8 Å². The summed E-state index contributed by atoms with van der Waals surface area (Å²) >= 11 is 6.03. The predicted molar refractivity (Wildman–Crippen MR) is 72.3 cm³/mol. The van der Waals surface area contributed by atoms with E-state index in [1.807, 2.05) is 0 Å². The van der Waals surface area contributed by atoms with Gasteiger partial charge in [-0.1, -0.05) is 38.3 Å². The van der Waals surface area contributed by atoms with E-state index in [0.29, 0.717) is 0 Å². The molecule has 7 heteroatoms. The number of ether oxygens (including phenoxy) is 2. The smallest absolute Gasteiger partial charge is 0.368 e. The number of alkyl halides is 2. The third kappa shape index (κ3) is 4.85. The van der Waals surface area contributed by atoms with Crippen molar-refractivity contribution in [2.45, 2.75) is 41.4 Å². The van der Waals surface area contributed by atoms with Gasteiger partial charge in [-0.05, 0) is 12.8 Å². The van der Waals surface area contributed by atoms with Crippen LogP contribution in [0.2, 0.25) is 0 Å². The van der Waals surface area contributed by atoms with Crippen LogP contribution >= 0.6 is 31.9 Å². The SMILES string of the molecule is [NH3+]C1(C(=O)OCCOC(=O)C(Br)Br)CCCCC1. The molecule has 1 rings (SSSR count). The van der Waals surface area contributed by atoms with Crippen molar-refractivity contribution < 1.29 is 24.8 Å². The van der Waals surface area contributed by atoms with Crippen molar-refractivity contribution in [3.63, 3.8) is 0 Å². The third-order valence-corrected chi connectivity index (χ3v) is 3.73. The number of quaternary nitrogens is 1. The van der Waals surface area contributed by atoms with E-state index in [9.17, 15) is 9.59 Å². The highest BCUT2D eigenvalue weighted by Crippen LogP contribution is 2.25. The fourth-order valence-corrected chi connectivity index (χ4v) is 2.19. The van der Waals surface area contributed by atoms with Crippen LogP contribution in [0.15, 0.2) is 0 Å². The highest BCUT2D eigenvalue weighted by atomic mass is 79.9. The molecule has 0 aliphatic heterocycles. The third-order valence-electron chi connectivity index (χ3n) is 2.98. The first kappa shape index (κ1) is 15.9. The first-order valence-electron chi connectivity index (χ1n) is 5.93. The van der Waals surface area contributed by atoms with Gasteiger partial charge in [0.1, 0.15) is 13.2 Å². The van der Waals surface area contributed by atoms with Gasteiger partial charge in [0, 0.05) is 12.8 Å². The molecule has 0 saturated heterocycles. The lowest BCUT2D eigenvalue weighted by Crippen LogP contribution is -2.77. The number of hydrogen-bond acceptors (Lipinski definition) is 4. The second kappa shape index (κ2) is 7.45. The Morgan fingerprint density at radius 1 is 1.11 bits per heavy atom. The number of hydrogen-bond donors (Lipinski definition) is 1. The molecule has 1 fully saturated rings. The monoisotopic (exact) mass is 386 g/mol. The second-order valence-electron chi connectivity index (χ2n) is 4.45. The average molecular weight is 388 g/mol. The fourth-order valence-electron chi connectivity index (χ4n) is 1.93. The molecule has 0 spiro atoms. The highest BCUT2D eigenvalue weighted by Gasteiger charge is 2.41. The van der Waals surface area contributed by atoms with E-state index in [2.05, 4.69) is 37.6 Å². The molecule has 3 N–H and O–H groups in total. The Kier molecular flexibility index (Phi) is 6.59. The van der Waals surface area contributed by atoms with Crippen molar-refractivity contribution in [1.29, 1.82) is 0 Å². The molecule has 0 aromatic rings. The van der Waals surface area contributed by atoms with Gasteiger partial charge in [-0.25, -0.2) is 9.59 Å². The molecule has 0 unspecified atom stereocenters. The minimum atomic E-state index is -0.602. The summed E-state index contributed by atoms with van der Waals surface area (Å²) in [5.74, 6) is -0.722. The summed E-state index contributed by atoms with van der Waals surface area (Å²) in [7, 11) is 0. The summed E-state index contributed by atoms with van der Waals surface area (Å²) in [4.78, 5) is 22.9.